The summed E-state index contributed by atoms with van der Waals surface area (Å²) in [5.74, 6) is 3.15. The lowest BCUT2D eigenvalue weighted by Crippen LogP contribution is -2.31. The van der Waals surface area contributed by atoms with E-state index in [9.17, 15) is 4.79 Å². The average molecular weight is 303 g/mol. The summed E-state index contributed by atoms with van der Waals surface area (Å²) in [6.07, 6.45) is 5.93. The predicted molar refractivity (Wildman–Crippen MR) is 89.9 cm³/mol. The average Bonchev–Trinajstić information content (AvgIpc) is 2.57. The van der Waals surface area contributed by atoms with Gasteiger partial charge in [0, 0.05) is 42.6 Å². The van der Waals surface area contributed by atoms with Crippen LogP contribution in [0.1, 0.15) is 48.0 Å². The van der Waals surface area contributed by atoms with Crippen LogP contribution in [0.3, 0.4) is 0 Å². The molecule has 114 valence electrons. The van der Waals surface area contributed by atoms with Crippen molar-refractivity contribution in [1.82, 2.24) is 4.90 Å². The molecule has 0 amide bonds. The first-order valence-corrected chi connectivity index (χ1v) is 9.41. The van der Waals surface area contributed by atoms with Crippen LogP contribution in [0.5, 0.6) is 0 Å². The van der Waals surface area contributed by atoms with Crippen LogP contribution >= 0.6 is 11.8 Å². The van der Waals surface area contributed by atoms with E-state index in [2.05, 4.69) is 17.0 Å². The van der Waals surface area contributed by atoms with Crippen molar-refractivity contribution in [2.24, 2.45) is 5.92 Å². The monoisotopic (exact) mass is 303 g/mol. The van der Waals surface area contributed by atoms with Gasteiger partial charge in [0.25, 0.3) is 0 Å². The van der Waals surface area contributed by atoms with Crippen LogP contribution in [0.15, 0.2) is 24.3 Å². The van der Waals surface area contributed by atoms with Crippen molar-refractivity contribution in [2.45, 2.75) is 38.6 Å². The van der Waals surface area contributed by atoms with Gasteiger partial charge < -0.3 is 0 Å². The van der Waals surface area contributed by atoms with Gasteiger partial charge in [-0.1, -0.05) is 43.5 Å². The molecule has 21 heavy (non-hydrogen) atoms. The molecule has 2 nitrogen and oxygen atoms in total. The summed E-state index contributed by atoms with van der Waals surface area (Å²) < 4.78 is 0. The van der Waals surface area contributed by atoms with Crippen molar-refractivity contribution < 1.29 is 4.79 Å². The van der Waals surface area contributed by atoms with Crippen molar-refractivity contribution in [3.8, 4) is 0 Å². The van der Waals surface area contributed by atoms with Crippen LogP contribution in [-0.2, 0) is 6.54 Å². The summed E-state index contributed by atoms with van der Waals surface area (Å²) in [6, 6.07) is 8.39. The Morgan fingerprint density at radius 2 is 1.71 bits per heavy atom. The molecule has 1 saturated heterocycles. The second kappa shape index (κ2) is 7.46. The van der Waals surface area contributed by atoms with Gasteiger partial charge >= 0.3 is 0 Å². The van der Waals surface area contributed by atoms with Crippen molar-refractivity contribution in [1.29, 1.82) is 0 Å². The maximum absolute atomic E-state index is 12.5. The Bertz CT molecular complexity index is 459. The third-order valence-electron chi connectivity index (χ3n) is 4.72. The summed E-state index contributed by atoms with van der Waals surface area (Å²) >= 11 is 2.05. The Morgan fingerprint density at radius 3 is 2.38 bits per heavy atom. The first-order valence-electron chi connectivity index (χ1n) is 8.26. The largest absolute Gasteiger partial charge is 0.297 e. The predicted octanol–water partition coefficient (Wildman–Crippen LogP) is 4.00. The van der Waals surface area contributed by atoms with Crippen LogP contribution in [0.25, 0.3) is 0 Å². The molecule has 0 N–H and O–H groups in total. The molecule has 2 fully saturated rings. The number of thioether (sulfide) groups is 1. The molecule has 1 saturated carbocycles. The Kier molecular flexibility index (Phi) is 5.37. The van der Waals surface area contributed by atoms with Crippen LogP contribution < -0.4 is 0 Å². The molecule has 0 atom stereocenters. The van der Waals surface area contributed by atoms with E-state index in [0.29, 0.717) is 5.78 Å². The van der Waals surface area contributed by atoms with Gasteiger partial charge in [-0.3, -0.25) is 9.69 Å². The van der Waals surface area contributed by atoms with Crippen molar-refractivity contribution >= 4 is 17.5 Å². The second-order valence-electron chi connectivity index (χ2n) is 6.28. The molecule has 3 rings (SSSR count). The summed E-state index contributed by atoms with van der Waals surface area (Å²) in [6.45, 7) is 3.40. The molecule has 2 aliphatic rings. The van der Waals surface area contributed by atoms with Crippen LogP contribution in [0, 0.1) is 5.92 Å². The molecule has 1 aromatic rings. The highest BCUT2D eigenvalue weighted by atomic mass is 32.2. The number of benzene rings is 1. The number of Topliss-reactive ketones (excluding diaryl/α,β-unsaturated/α-hetero) is 1. The molecular weight excluding hydrogens is 278 g/mol. The van der Waals surface area contributed by atoms with Gasteiger partial charge in [0.15, 0.2) is 5.78 Å². The van der Waals surface area contributed by atoms with Gasteiger partial charge in [0.1, 0.15) is 0 Å². The van der Waals surface area contributed by atoms with Gasteiger partial charge in [-0.05, 0) is 18.4 Å². The molecule has 0 unspecified atom stereocenters. The van der Waals surface area contributed by atoms with E-state index in [-0.39, 0.29) is 5.92 Å². The topological polar surface area (TPSA) is 20.3 Å². The number of hydrogen-bond donors (Lipinski definition) is 0. The maximum atomic E-state index is 12.5. The standard InChI is InChI=1S/C18H25NOS/c20-18(16-4-2-1-3-5-16)17-8-6-15(7-9-17)14-19-10-12-21-13-11-19/h6-9,16H,1-5,10-14H2. The number of hydrogen-bond acceptors (Lipinski definition) is 3. The number of carbonyl (C=O) groups excluding carboxylic acids is 1. The molecular formula is C18H25NOS. The first kappa shape index (κ1) is 15.1. The Labute approximate surface area is 132 Å². The zero-order chi connectivity index (χ0) is 14.5. The fraction of sp³-hybridized carbons (Fsp3) is 0.611. The fourth-order valence-corrected chi connectivity index (χ4v) is 4.37. The SMILES string of the molecule is O=C(c1ccc(CN2CCSCC2)cc1)C1CCCCC1. The zero-order valence-corrected chi connectivity index (χ0v) is 13.5. The quantitative estimate of drug-likeness (QED) is 0.784. The molecule has 0 aromatic heterocycles. The van der Waals surface area contributed by atoms with E-state index in [1.807, 2.05) is 23.9 Å². The molecule has 3 heteroatoms. The Morgan fingerprint density at radius 1 is 1.05 bits per heavy atom. The second-order valence-corrected chi connectivity index (χ2v) is 7.51. The molecule has 0 bridgehead atoms. The van der Waals surface area contributed by atoms with Gasteiger partial charge in [-0.15, -0.1) is 0 Å². The molecule has 0 radical (unpaired) electrons. The highest BCUT2D eigenvalue weighted by Gasteiger charge is 2.22. The van der Waals surface area contributed by atoms with E-state index in [4.69, 9.17) is 0 Å². The van der Waals surface area contributed by atoms with Crippen molar-refractivity contribution in [2.75, 3.05) is 24.6 Å². The van der Waals surface area contributed by atoms with Gasteiger partial charge in [-0.2, -0.15) is 11.8 Å². The minimum Gasteiger partial charge on any atom is -0.297 e. The summed E-state index contributed by atoms with van der Waals surface area (Å²) in [4.78, 5) is 15.0. The van der Waals surface area contributed by atoms with E-state index in [0.717, 1.165) is 24.9 Å². The van der Waals surface area contributed by atoms with E-state index >= 15 is 0 Å². The molecule has 0 spiro atoms. The van der Waals surface area contributed by atoms with E-state index < -0.39 is 0 Å². The molecule has 1 aromatic carbocycles. The third-order valence-corrected chi connectivity index (χ3v) is 5.67. The van der Waals surface area contributed by atoms with E-state index in [1.54, 1.807) is 0 Å². The van der Waals surface area contributed by atoms with E-state index in [1.165, 1.54) is 49.4 Å². The lowest BCUT2D eigenvalue weighted by Gasteiger charge is -2.26. The molecule has 1 heterocycles. The smallest absolute Gasteiger partial charge is 0.165 e. The fourth-order valence-electron chi connectivity index (χ4n) is 3.39. The summed E-state index contributed by atoms with van der Waals surface area (Å²) in [5.41, 5.74) is 2.25. The minimum absolute atomic E-state index is 0.281. The molecule has 1 aliphatic heterocycles. The van der Waals surface area contributed by atoms with Crippen LogP contribution in [0.2, 0.25) is 0 Å². The van der Waals surface area contributed by atoms with Gasteiger partial charge in [0.2, 0.25) is 0 Å². The lowest BCUT2D eigenvalue weighted by molar-refractivity contribution is 0.0889. The molecule has 1 aliphatic carbocycles. The zero-order valence-electron chi connectivity index (χ0n) is 12.7. The van der Waals surface area contributed by atoms with Crippen LogP contribution in [-0.4, -0.2) is 35.3 Å². The summed E-state index contributed by atoms with van der Waals surface area (Å²) in [7, 11) is 0. The highest BCUT2D eigenvalue weighted by Crippen LogP contribution is 2.27. The summed E-state index contributed by atoms with van der Waals surface area (Å²) in [5, 5.41) is 0. The third kappa shape index (κ3) is 4.10. The van der Waals surface area contributed by atoms with Gasteiger partial charge in [0.05, 0.1) is 0 Å². The maximum Gasteiger partial charge on any atom is 0.165 e. The number of nitrogens with zero attached hydrogens (tertiary/aromatic N) is 1. The van der Waals surface area contributed by atoms with Crippen LogP contribution in [0.4, 0.5) is 0 Å². The van der Waals surface area contributed by atoms with Crippen molar-refractivity contribution in [3.05, 3.63) is 35.4 Å². The number of carbonyl (C=O) groups is 1. The number of rotatable bonds is 4. The Hall–Kier alpha value is -0.800. The Balaban J connectivity index is 1.59. The first-order chi connectivity index (χ1) is 10.3. The number of ketones is 1. The van der Waals surface area contributed by atoms with Gasteiger partial charge in [-0.25, -0.2) is 0 Å². The lowest BCUT2D eigenvalue weighted by atomic mass is 9.84. The van der Waals surface area contributed by atoms with Crippen molar-refractivity contribution in [3.63, 3.8) is 0 Å². The normalized spacial score (nSPS) is 21.3. The minimum atomic E-state index is 0.281. The highest BCUT2D eigenvalue weighted by molar-refractivity contribution is 7.99.